The average Bonchev–Trinajstić information content (AvgIpc) is 3.08. The van der Waals surface area contributed by atoms with Crippen molar-refractivity contribution in [3.63, 3.8) is 0 Å². The van der Waals surface area contributed by atoms with Gasteiger partial charge in [-0.25, -0.2) is 0 Å². The molecule has 1 heterocycles. The number of hydrogen-bond acceptors (Lipinski definition) is 2. The van der Waals surface area contributed by atoms with E-state index in [4.69, 9.17) is 0 Å². The van der Waals surface area contributed by atoms with Gasteiger partial charge in [0, 0.05) is 6.04 Å². The first-order valence-electron chi connectivity index (χ1n) is 8.86. The second-order valence-electron chi connectivity index (χ2n) is 6.56. The Morgan fingerprint density at radius 2 is 1.74 bits per heavy atom. The molecule has 0 amide bonds. The summed E-state index contributed by atoms with van der Waals surface area (Å²) in [6.07, 6.45) is 14.6. The maximum absolute atomic E-state index is 3.41. The van der Waals surface area contributed by atoms with Crippen LogP contribution in [0.3, 0.4) is 0 Å². The lowest BCUT2D eigenvalue weighted by Crippen LogP contribution is -2.35. The van der Waals surface area contributed by atoms with E-state index in [2.05, 4.69) is 17.1 Å². The van der Waals surface area contributed by atoms with Gasteiger partial charge in [-0.15, -0.1) is 0 Å². The molecule has 0 aromatic heterocycles. The first-order chi connectivity index (χ1) is 9.42. The van der Waals surface area contributed by atoms with E-state index < -0.39 is 0 Å². The molecule has 2 fully saturated rings. The fourth-order valence-corrected chi connectivity index (χ4v) is 4.10. The van der Waals surface area contributed by atoms with E-state index in [0.717, 1.165) is 18.5 Å². The third-order valence-electron chi connectivity index (χ3n) is 5.16. The van der Waals surface area contributed by atoms with Gasteiger partial charge >= 0.3 is 0 Å². The molecule has 19 heavy (non-hydrogen) atoms. The van der Waals surface area contributed by atoms with Crippen molar-refractivity contribution in [2.45, 2.75) is 77.2 Å². The van der Waals surface area contributed by atoms with Crippen molar-refractivity contribution in [1.82, 2.24) is 10.2 Å². The molecule has 1 N–H and O–H groups in total. The molecule has 0 radical (unpaired) electrons. The maximum Gasteiger partial charge on any atom is 0.0124 e. The van der Waals surface area contributed by atoms with Crippen LogP contribution in [0.4, 0.5) is 0 Å². The maximum atomic E-state index is 3.41. The predicted molar refractivity (Wildman–Crippen MR) is 83.6 cm³/mol. The molecule has 2 heteroatoms. The summed E-state index contributed by atoms with van der Waals surface area (Å²) in [4.78, 5) is 2.83. The Balaban J connectivity index is 1.54. The fraction of sp³-hybridized carbons (Fsp3) is 1.00. The van der Waals surface area contributed by atoms with E-state index in [0.29, 0.717) is 0 Å². The summed E-state index contributed by atoms with van der Waals surface area (Å²) in [6, 6.07) is 0.962. The van der Waals surface area contributed by atoms with Gasteiger partial charge in [-0.1, -0.05) is 32.6 Å². The Bertz CT molecular complexity index is 223. The Morgan fingerprint density at radius 1 is 0.947 bits per heavy atom. The highest BCUT2D eigenvalue weighted by Crippen LogP contribution is 2.35. The van der Waals surface area contributed by atoms with Crippen LogP contribution in [-0.2, 0) is 0 Å². The van der Waals surface area contributed by atoms with Crippen LogP contribution in [0, 0.1) is 5.92 Å². The summed E-state index contributed by atoms with van der Waals surface area (Å²) in [5.41, 5.74) is 0. The summed E-state index contributed by atoms with van der Waals surface area (Å²) >= 11 is 0. The number of unbranched alkanes of at least 4 members (excludes halogenated alkanes) is 3. The highest BCUT2D eigenvalue weighted by Gasteiger charge is 2.32. The van der Waals surface area contributed by atoms with Gasteiger partial charge in [-0.3, -0.25) is 0 Å². The molecule has 112 valence electrons. The van der Waals surface area contributed by atoms with Crippen molar-refractivity contribution < 1.29 is 0 Å². The first-order valence-corrected chi connectivity index (χ1v) is 8.86. The van der Waals surface area contributed by atoms with Crippen molar-refractivity contribution in [3.8, 4) is 0 Å². The number of likely N-dealkylation sites (tertiary alicyclic amines) is 1. The lowest BCUT2D eigenvalue weighted by molar-refractivity contribution is 0.187. The molecule has 0 aromatic carbocycles. The quantitative estimate of drug-likeness (QED) is 0.638. The van der Waals surface area contributed by atoms with Crippen LogP contribution >= 0.6 is 0 Å². The van der Waals surface area contributed by atoms with Gasteiger partial charge in [0.2, 0.25) is 0 Å². The van der Waals surface area contributed by atoms with Crippen LogP contribution in [0.15, 0.2) is 0 Å². The van der Waals surface area contributed by atoms with Crippen molar-refractivity contribution in [2.24, 2.45) is 5.92 Å². The third-order valence-corrected chi connectivity index (χ3v) is 5.16. The van der Waals surface area contributed by atoms with E-state index >= 15 is 0 Å². The zero-order valence-corrected chi connectivity index (χ0v) is 13.0. The Morgan fingerprint density at radius 3 is 2.53 bits per heavy atom. The number of hydrogen-bond donors (Lipinski definition) is 1. The Labute approximate surface area is 120 Å². The fourth-order valence-electron chi connectivity index (χ4n) is 4.10. The molecule has 1 unspecified atom stereocenters. The Kier molecular flexibility index (Phi) is 7.23. The minimum atomic E-state index is 0.962. The second-order valence-corrected chi connectivity index (χ2v) is 6.56. The normalized spacial score (nSPS) is 25.4. The van der Waals surface area contributed by atoms with Crippen molar-refractivity contribution >= 4 is 0 Å². The minimum Gasteiger partial charge on any atom is -0.317 e. The largest absolute Gasteiger partial charge is 0.317 e. The monoisotopic (exact) mass is 266 g/mol. The average molecular weight is 266 g/mol. The molecule has 1 atom stereocenters. The summed E-state index contributed by atoms with van der Waals surface area (Å²) in [6.45, 7) is 7.29. The van der Waals surface area contributed by atoms with Crippen LogP contribution in [0.5, 0.6) is 0 Å². The molecule has 2 rings (SSSR count). The summed E-state index contributed by atoms with van der Waals surface area (Å²) in [5.74, 6) is 1.05. The molecule has 1 saturated carbocycles. The smallest absolute Gasteiger partial charge is 0.0124 e. The van der Waals surface area contributed by atoms with Gasteiger partial charge in [0.1, 0.15) is 0 Å². The van der Waals surface area contributed by atoms with E-state index in [9.17, 15) is 0 Å². The standard InChI is InChI=1S/C17H34N2/c1-2-18-13-7-3-4-8-14-19-15-9-12-17(19)16-10-5-6-11-16/h16-18H,2-15H2,1H3. The van der Waals surface area contributed by atoms with Crippen LogP contribution < -0.4 is 5.32 Å². The zero-order valence-electron chi connectivity index (χ0n) is 13.0. The summed E-state index contributed by atoms with van der Waals surface area (Å²) in [7, 11) is 0. The zero-order chi connectivity index (χ0) is 13.3. The molecular formula is C17H34N2. The molecular weight excluding hydrogens is 232 g/mol. The van der Waals surface area contributed by atoms with Crippen molar-refractivity contribution in [2.75, 3.05) is 26.2 Å². The number of nitrogens with one attached hydrogen (secondary N) is 1. The summed E-state index contributed by atoms with van der Waals surface area (Å²) < 4.78 is 0. The van der Waals surface area contributed by atoms with Gasteiger partial charge < -0.3 is 10.2 Å². The Hall–Kier alpha value is -0.0800. The van der Waals surface area contributed by atoms with E-state index in [1.54, 1.807) is 0 Å². The second kappa shape index (κ2) is 8.97. The van der Waals surface area contributed by atoms with Crippen molar-refractivity contribution in [3.05, 3.63) is 0 Å². The van der Waals surface area contributed by atoms with Crippen LogP contribution in [0.25, 0.3) is 0 Å². The van der Waals surface area contributed by atoms with Gasteiger partial charge in [0.25, 0.3) is 0 Å². The van der Waals surface area contributed by atoms with Crippen LogP contribution in [-0.4, -0.2) is 37.1 Å². The van der Waals surface area contributed by atoms with Crippen LogP contribution in [0.2, 0.25) is 0 Å². The molecule has 0 bridgehead atoms. The molecule has 0 spiro atoms. The highest BCUT2D eigenvalue weighted by atomic mass is 15.2. The molecule has 0 aromatic rings. The molecule has 1 aliphatic heterocycles. The van der Waals surface area contributed by atoms with Gasteiger partial charge in [-0.2, -0.15) is 0 Å². The SMILES string of the molecule is CCNCCCCCCN1CCCC1C1CCCC1. The number of rotatable bonds is 9. The lowest BCUT2D eigenvalue weighted by atomic mass is 9.96. The highest BCUT2D eigenvalue weighted by molar-refractivity contribution is 4.87. The topological polar surface area (TPSA) is 15.3 Å². The molecule has 1 aliphatic carbocycles. The van der Waals surface area contributed by atoms with Gasteiger partial charge in [0.05, 0.1) is 0 Å². The minimum absolute atomic E-state index is 0.962. The van der Waals surface area contributed by atoms with Crippen LogP contribution in [0.1, 0.15) is 71.1 Å². The molecule has 2 aliphatic rings. The molecule has 2 nitrogen and oxygen atoms in total. The van der Waals surface area contributed by atoms with E-state index in [1.807, 2.05) is 0 Å². The third kappa shape index (κ3) is 5.07. The van der Waals surface area contributed by atoms with Crippen molar-refractivity contribution in [1.29, 1.82) is 0 Å². The lowest BCUT2D eigenvalue weighted by Gasteiger charge is -2.29. The summed E-state index contributed by atoms with van der Waals surface area (Å²) in [5, 5.41) is 3.41. The number of nitrogens with zero attached hydrogens (tertiary/aromatic N) is 1. The van der Waals surface area contributed by atoms with E-state index in [1.165, 1.54) is 83.8 Å². The first kappa shape index (κ1) is 15.3. The molecule has 1 saturated heterocycles. The van der Waals surface area contributed by atoms with Gasteiger partial charge in [0.15, 0.2) is 0 Å². The van der Waals surface area contributed by atoms with Gasteiger partial charge in [-0.05, 0) is 70.6 Å². The predicted octanol–water partition coefficient (Wildman–Crippen LogP) is 3.81. The van der Waals surface area contributed by atoms with E-state index in [-0.39, 0.29) is 0 Å².